The Balaban J connectivity index is 2.28. The summed E-state index contributed by atoms with van der Waals surface area (Å²) < 4.78 is 1.92. The number of aromatic nitrogens is 3. The van der Waals surface area contributed by atoms with Crippen molar-refractivity contribution in [2.24, 2.45) is 0 Å². The normalized spacial score (nSPS) is 14.9. The highest BCUT2D eigenvalue weighted by molar-refractivity contribution is 7.98. The maximum absolute atomic E-state index is 4.55. The zero-order chi connectivity index (χ0) is 10.4. The molecule has 2 aromatic heterocycles. The lowest BCUT2D eigenvalue weighted by atomic mass is 10.4. The zero-order valence-corrected chi connectivity index (χ0v) is 9.58. The fourth-order valence-corrected chi connectivity index (χ4v) is 2.29. The standard InChI is InChI=1S/C10H12N4S/c1-7-5-9(15-2)14-10(12-7)8(6-11-14)13-3-4-13/h5-6H,3-4H2,1-2H3. The average Bonchev–Trinajstić information content (AvgIpc) is 2.98. The van der Waals surface area contributed by atoms with Crippen molar-refractivity contribution in [2.75, 3.05) is 24.2 Å². The Hall–Kier alpha value is -1.23. The third-order valence-electron chi connectivity index (χ3n) is 2.55. The van der Waals surface area contributed by atoms with E-state index in [4.69, 9.17) is 0 Å². The second kappa shape index (κ2) is 3.13. The van der Waals surface area contributed by atoms with Gasteiger partial charge in [-0.05, 0) is 19.2 Å². The molecule has 15 heavy (non-hydrogen) atoms. The van der Waals surface area contributed by atoms with Crippen LogP contribution in [-0.2, 0) is 0 Å². The van der Waals surface area contributed by atoms with Gasteiger partial charge in [0, 0.05) is 18.8 Å². The van der Waals surface area contributed by atoms with Gasteiger partial charge in [-0.2, -0.15) is 5.10 Å². The molecule has 0 radical (unpaired) electrons. The van der Waals surface area contributed by atoms with Gasteiger partial charge >= 0.3 is 0 Å². The number of hydrogen-bond donors (Lipinski definition) is 0. The molecule has 3 rings (SSSR count). The van der Waals surface area contributed by atoms with Gasteiger partial charge in [-0.1, -0.05) is 0 Å². The summed E-state index contributed by atoms with van der Waals surface area (Å²) in [5.74, 6) is 0. The Morgan fingerprint density at radius 1 is 1.40 bits per heavy atom. The van der Waals surface area contributed by atoms with Crippen LogP contribution >= 0.6 is 11.8 Å². The number of anilines is 1. The van der Waals surface area contributed by atoms with Crippen molar-refractivity contribution in [3.63, 3.8) is 0 Å². The lowest BCUT2D eigenvalue weighted by Crippen LogP contribution is -1.98. The Kier molecular flexibility index (Phi) is 1.88. The Morgan fingerprint density at radius 2 is 2.20 bits per heavy atom. The number of thioether (sulfide) groups is 1. The molecular weight excluding hydrogens is 208 g/mol. The number of fused-ring (bicyclic) bond motifs is 1. The number of hydrogen-bond acceptors (Lipinski definition) is 4. The van der Waals surface area contributed by atoms with Gasteiger partial charge in [0.05, 0.1) is 6.20 Å². The van der Waals surface area contributed by atoms with Crippen LogP contribution in [0.5, 0.6) is 0 Å². The van der Waals surface area contributed by atoms with Crippen LogP contribution in [0.2, 0.25) is 0 Å². The lowest BCUT2D eigenvalue weighted by molar-refractivity contribution is 0.836. The van der Waals surface area contributed by atoms with Crippen molar-refractivity contribution in [3.8, 4) is 0 Å². The van der Waals surface area contributed by atoms with Gasteiger partial charge in [0.1, 0.15) is 10.7 Å². The fourth-order valence-electron chi connectivity index (χ4n) is 1.70. The molecule has 1 aliphatic heterocycles. The Labute approximate surface area is 92.3 Å². The van der Waals surface area contributed by atoms with Crippen LogP contribution in [0.1, 0.15) is 5.69 Å². The van der Waals surface area contributed by atoms with Gasteiger partial charge in [0.2, 0.25) is 0 Å². The fraction of sp³-hybridized carbons (Fsp3) is 0.400. The molecule has 0 aliphatic carbocycles. The highest BCUT2D eigenvalue weighted by Gasteiger charge is 2.23. The molecular formula is C10H12N4S. The van der Waals surface area contributed by atoms with Crippen molar-refractivity contribution < 1.29 is 0 Å². The summed E-state index contributed by atoms with van der Waals surface area (Å²) in [7, 11) is 0. The van der Waals surface area contributed by atoms with Crippen LogP contribution in [0.25, 0.3) is 5.65 Å². The summed E-state index contributed by atoms with van der Waals surface area (Å²) in [6, 6.07) is 2.07. The van der Waals surface area contributed by atoms with E-state index in [0.29, 0.717) is 0 Å². The van der Waals surface area contributed by atoms with E-state index in [1.165, 1.54) is 0 Å². The van der Waals surface area contributed by atoms with E-state index in [2.05, 4.69) is 27.3 Å². The lowest BCUT2D eigenvalue weighted by Gasteiger charge is -2.04. The highest BCUT2D eigenvalue weighted by atomic mass is 32.2. The SMILES string of the molecule is CSc1cc(C)nc2c(N3CC3)cnn12. The summed E-state index contributed by atoms with van der Waals surface area (Å²) in [5, 5.41) is 5.53. The van der Waals surface area contributed by atoms with Gasteiger partial charge in [-0.3, -0.25) is 0 Å². The van der Waals surface area contributed by atoms with Crippen LogP contribution in [0.4, 0.5) is 5.69 Å². The van der Waals surface area contributed by atoms with E-state index >= 15 is 0 Å². The van der Waals surface area contributed by atoms with Crippen molar-refractivity contribution >= 4 is 23.1 Å². The van der Waals surface area contributed by atoms with E-state index in [1.54, 1.807) is 11.8 Å². The van der Waals surface area contributed by atoms with E-state index in [-0.39, 0.29) is 0 Å². The minimum Gasteiger partial charge on any atom is -0.364 e. The van der Waals surface area contributed by atoms with Crippen LogP contribution in [0.15, 0.2) is 17.3 Å². The molecule has 0 unspecified atom stereocenters. The van der Waals surface area contributed by atoms with E-state index in [9.17, 15) is 0 Å². The second-order valence-corrected chi connectivity index (χ2v) is 4.52. The molecule has 4 nitrogen and oxygen atoms in total. The van der Waals surface area contributed by atoms with Gasteiger partial charge in [-0.15, -0.1) is 11.8 Å². The first-order chi connectivity index (χ1) is 7.29. The van der Waals surface area contributed by atoms with Crippen LogP contribution in [-0.4, -0.2) is 33.9 Å². The van der Waals surface area contributed by atoms with Crippen molar-refractivity contribution in [3.05, 3.63) is 18.0 Å². The molecule has 5 heteroatoms. The largest absolute Gasteiger partial charge is 0.364 e. The van der Waals surface area contributed by atoms with E-state index < -0.39 is 0 Å². The zero-order valence-electron chi connectivity index (χ0n) is 8.77. The molecule has 1 aliphatic rings. The third-order valence-corrected chi connectivity index (χ3v) is 3.25. The van der Waals surface area contributed by atoms with Crippen molar-refractivity contribution in [1.29, 1.82) is 0 Å². The molecule has 0 aromatic carbocycles. The summed E-state index contributed by atoms with van der Waals surface area (Å²) in [6.07, 6.45) is 3.97. The predicted octanol–water partition coefficient (Wildman–Crippen LogP) is 1.58. The molecule has 0 saturated carbocycles. The first-order valence-electron chi connectivity index (χ1n) is 4.94. The van der Waals surface area contributed by atoms with Crippen molar-refractivity contribution in [1.82, 2.24) is 14.6 Å². The molecule has 1 saturated heterocycles. The first-order valence-corrected chi connectivity index (χ1v) is 6.16. The number of aryl methyl sites for hydroxylation is 1. The maximum atomic E-state index is 4.55. The number of rotatable bonds is 2. The first kappa shape index (κ1) is 9.03. The highest BCUT2D eigenvalue weighted by Crippen LogP contribution is 2.28. The summed E-state index contributed by atoms with van der Waals surface area (Å²) in [5.41, 5.74) is 3.20. The second-order valence-electron chi connectivity index (χ2n) is 3.69. The Morgan fingerprint density at radius 3 is 2.87 bits per heavy atom. The summed E-state index contributed by atoms with van der Waals surface area (Å²) in [6.45, 7) is 4.29. The average molecular weight is 220 g/mol. The monoisotopic (exact) mass is 220 g/mol. The van der Waals surface area contributed by atoms with Crippen LogP contribution < -0.4 is 4.90 Å². The molecule has 3 heterocycles. The maximum Gasteiger partial charge on any atom is 0.180 e. The molecule has 0 bridgehead atoms. The topological polar surface area (TPSA) is 33.2 Å². The molecule has 1 fully saturated rings. The quantitative estimate of drug-likeness (QED) is 0.437. The van der Waals surface area contributed by atoms with Gasteiger partial charge in [-0.25, -0.2) is 9.50 Å². The Bertz CT molecular complexity index is 515. The van der Waals surface area contributed by atoms with Crippen molar-refractivity contribution in [2.45, 2.75) is 11.9 Å². The van der Waals surface area contributed by atoms with Gasteiger partial charge < -0.3 is 4.90 Å². The number of nitrogens with zero attached hydrogens (tertiary/aromatic N) is 4. The molecule has 78 valence electrons. The van der Waals surface area contributed by atoms with Gasteiger partial charge in [0.25, 0.3) is 0 Å². The van der Waals surface area contributed by atoms with E-state index in [0.717, 1.165) is 35.1 Å². The molecule has 0 N–H and O–H groups in total. The smallest absolute Gasteiger partial charge is 0.180 e. The third kappa shape index (κ3) is 1.38. The summed E-state index contributed by atoms with van der Waals surface area (Å²) in [4.78, 5) is 6.83. The van der Waals surface area contributed by atoms with Crippen LogP contribution in [0.3, 0.4) is 0 Å². The van der Waals surface area contributed by atoms with E-state index in [1.807, 2.05) is 17.6 Å². The minimum atomic E-state index is 0.983. The van der Waals surface area contributed by atoms with Gasteiger partial charge in [0.15, 0.2) is 5.65 Å². The minimum absolute atomic E-state index is 0.983. The summed E-state index contributed by atoms with van der Waals surface area (Å²) >= 11 is 1.70. The molecule has 2 aromatic rings. The molecule has 0 atom stereocenters. The van der Waals surface area contributed by atoms with Crippen LogP contribution in [0, 0.1) is 6.92 Å². The molecule has 0 amide bonds. The molecule has 0 spiro atoms. The predicted molar refractivity (Wildman–Crippen MR) is 61.7 cm³/mol.